The van der Waals surface area contributed by atoms with E-state index < -0.39 is 0 Å². The van der Waals surface area contributed by atoms with E-state index in [-0.39, 0.29) is 10.3 Å². The number of rotatable bonds is 5. The van der Waals surface area contributed by atoms with Gasteiger partial charge in [0, 0.05) is 22.8 Å². The first-order valence-electron chi connectivity index (χ1n) is 5.37. The van der Waals surface area contributed by atoms with Crippen LogP contribution in [0.4, 0.5) is 0 Å². The minimum Gasteiger partial charge on any atom is -0.299 e. The molecule has 0 saturated heterocycles. The number of alkyl halides is 1. The maximum absolute atomic E-state index is 11.8. The van der Waals surface area contributed by atoms with Crippen LogP contribution in [0.2, 0.25) is 0 Å². The number of unbranched alkanes of at least 4 members (excludes halogenated alkanes) is 1. The van der Waals surface area contributed by atoms with Gasteiger partial charge in [-0.1, -0.05) is 6.08 Å². The molecule has 15 heavy (non-hydrogen) atoms. The lowest BCUT2D eigenvalue weighted by atomic mass is 9.42. The second-order valence-electron chi connectivity index (χ2n) is 4.81. The molecule has 0 N–H and O–H groups in total. The molecule has 0 aromatic heterocycles. The number of halogens is 1. The molecule has 0 radical (unpaired) electrons. The van der Waals surface area contributed by atoms with Crippen molar-refractivity contribution in [2.24, 2.45) is 5.41 Å². The van der Waals surface area contributed by atoms with E-state index in [1.807, 2.05) is 12.1 Å². The minimum absolute atomic E-state index is 0.00360. The van der Waals surface area contributed by atoms with Gasteiger partial charge in [-0.3, -0.25) is 4.79 Å². The first kappa shape index (κ1) is 10.7. The van der Waals surface area contributed by atoms with Crippen molar-refractivity contribution in [2.75, 3.05) is 0 Å². The molecule has 3 rings (SSSR count). The normalized spacial score (nSPS) is 36.8. The zero-order valence-corrected chi connectivity index (χ0v) is 9.39. The minimum atomic E-state index is -0.0271. The van der Waals surface area contributed by atoms with E-state index in [2.05, 4.69) is 0 Å². The Labute approximate surface area is 94.9 Å². The molecule has 3 fully saturated rings. The average Bonchev–Trinajstić information content (AvgIpc) is 2.11. The van der Waals surface area contributed by atoms with E-state index in [1.165, 1.54) is 6.08 Å². The highest BCUT2D eigenvalue weighted by Crippen LogP contribution is 2.71. The summed E-state index contributed by atoms with van der Waals surface area (Å²) in [4.78, 5) is 11.8. The summed E-state index contributed by atoms with van der Waals surface area (Å²) in [5, 5.41) is 8.27. The maximum Gasteiger partial charge on any atom is 0.139 e. The average molecular weight is 224 g/mol. The highest BCUT2D eigenvalue weighted by molar-refractivity contribution is 6.27. The van der Waals surface area contributed by atoms with Crippen molar-refractivity contribution in [3.05, 3.63) is 12.2 Å². The molecule has 3 aliphatic carbocycles. The van der Waals surface area contributed by atoms with Gasteiger partial charge in [0.1, 0.15) is 5.78 Å². The third-order valence-corrected chi connectivity index (χ3v) is 3.93. The smallest absolute Gasteiger partial charge is 0.139 e. The van der Waals surface area contributed by atoms with Crippen molar-refractivity contribution in [3.63, 3.8) is 0 Å². The molecule has 0 heterocycles. The lowest BCUT2D eigenvalue weighted by molar-refractivity contribution is -0.156. The van der Waals surface area contributed by atoms with Crippen molar-refractivity contribution >= 4 is 17.4 Å². The van der Waals surface area contributed by atoms with Crippen LogP contribution in [0.5, 0.6) is 0 Å². The number of nitrogens with zero attached hydrogens (tertiary/aromatic N) is 1. The molecule has 0 unspecified atom stereocenters. The van der Waals surface area contributed by atoms with Crippen molar-refractivity contribution in [1.29, 1.82) is 5.26 Å². The van der Waals surface area contributed by atoms with Gasteiger partial charge < -0.3 is 0 Å². The fourth-order valence-corrected chi connectivity index (χ4v) is 3.51. The summed E-state index contributed by atoms with van der Waals surface area (Å²) in [6, 6.07) is 1.94. The highest BCUT2D eigenvalue weighted by Gasteiger charge is 2.70. The Bertz CT molecular complexity index is 333. The molecule has 2 bridgehead atoms. The number of carbonyl (C=O) groups is 1. The van der Waals surface area contributed by atoms with Crippen molar-refractivity contribution in [3.8, 4) is 6.07 Å². The Morgan fingerprint density at radius 1 is 1.47 bits per heavy atom. The van der Waals surface area contributed by atoms with Gasteiger partial charge >= 0.3 is 0 Å². The lowest BCUT2D eigenvalue weighted by Crippen LogP contribution is -2.67. The molecule has 3 aliphatic rings. The van der Waals surface area contributed by atoms with Gasteiger partial charge in [0.2, 0.25) is 0 Å². The van der Waals surface area contributed by atoms with Crippen LogP contribution in [0.1, 0.15) is 38.5 Å². The van der Waals surface area contributed by atoms with Crippen LogP contribution < -0.4 is 0 Å². The molecular weight excluding hydrogens is 210 g/mol. The Morgan fingerprint density at radius 3 is 2.67 bits per heavy atom. The fraction of sp³-hybridized carbons (Fsp3) is 0.667. The monoisotopic (exact) mass is 223 g/mol. The summed E-state index contributed by atoms with van der Waals surface area (Å²) in [5.74, 6) is 0.385. The summed E-state index contributed by atoms with van der Waals surface area (Å²) in [6.07, 6.45) is 8.30. The Kier molecular flexibility index (Phi) is 2.60. The predicted molar refractivity (Wildman–Crippen MR) is 58.5 cm³/mol. The second kappa shape index (κ2) is 3.64. The molecule has 0 aromatic rings. The van der Waals surface area contributed by atoms with Gasteiger partial charge in [0.05, 0.1) is 6.07 Å². The van der Waals surface area contributed by atoms with E-state index in [1.54, 1.807) is 0 Å². The first-order valence-corrected chi connectivity index (χ1v) is 5.75. The third-order valence-electron chi connectivity index (χ3n) is 3.52. The number of allylic oxidation sites excluding steroid dienone is 2. The largest absolute Gasteiger partial charge is 0.299 e. The molecule has 2 nitrogen and oxygen atoms in total. The number of nitriles is 1. The number of carbonyl (C=O) groups excluding carboxylic acids is 1. The topological polar surface area (TPSA) is 40.9 Å². The summed E-state index contributed by atoms with van der Waals surface area (Å²) < 4.78 is 0. The van der Waals surface area contributed by atoms with Crippen LogP contribution in [0, 0.1) is 16.7 Å². The van der Waals surface area contributed by atoms with Crippen LogP contribution in [0.3, 0.4) is 0 Å². The van der Waals surface area contributed by atoms with Crippen molar-refractivity contribution in [1.82, 2.24) is 0 Å². The van der Waals surface area contributed by atoms with E-state index in [9.17, 15) is 4.79 Å². The third kappa shape index (κ3) is 1.81. The van der Waals surface area contributed by atoms with Gasteiger partial charge in [-0.15, -0.1) is 11.6 Å². The van der Waals surface area contributed by atoms with Crippen molar-refractivity contribution < 1.29 is 4.79 Å². The quantitative estimate of drug-likeness (QED) is 0.409. The van der Waals surface area contributed by atoms with E-state index in [4.69, 9.17) is 16.9 Å². The Hall–Kier alpha value is -0.810. The zero-order valence-electron chi connectivity index (χ0n) is 8.63. The van der Waals surface area contributed by atoms with Crippen LogP contribution in [0.15, 0.2) is 12.2 Å². The van der Waals surface area contributed by atoms with E-state index in [0.29, 0.717) is 12.2 Å². The van der Waals surface area contributed by atoms with Crippen molar-refractivity contribution in [2.45, 2.75) is 43.4 Å². The summed E-state index contributed by atoms with van der Waals surface area (Å²) >= 11 is 6.11. The summed E-state index contributed by atoms with van der Waals surface area (Å²) in [7, 11) is 0. The standard InChI is InChI=1S/C12H14ClNO/c13-12-7-11(8-12,9-12)10(15)5-3-1-2-4-6-14/h2,4H,1,3,5,7-9H2/b4-2-. The molecule has 3 saturated carbocycles. The maximum atomic E-state index is 11.8. The summed E-state index contributed by atoms with van der Waals surface area (Å²) in [5.41, 5.74) is -0.0271. The van der Waals surface area contributed by atoms with E-state index in [0.717, 1.165) is 32.1 Å². The van der Waals surface area contributed by atoms with Gasteiger partial charge in [0.15, 0.2) is 0 Å². The molecule has 0 spiro atoms. The zero-order chi connectivity index (χ0) is 10.9. The molecule has 0 amide bonds. The van der Waals surface area contributed by atoms with Gasteiger partial charge in [0.25, 0.3) is 0 Å². The Balaban J connectivity index is 1.67. The molecule has 3 heteroatoms. The molecule has 0 aromatic carbocycles. The van der Waals surface area contributed by atoms with Crippen LogP contribution in [-0.4, -0.2) is 10.7 Å². The van der Waals surface area contributed by atoms with E-state index >= 15 is 0 Å². The van der Waals surface area contributed by atoms with Crippen LogP contribution in [-0.2, 0) is 4.79 Å². The summed E-state index contributed by atoms with van der Waals surface area (Å²) in [6.45, 7) is 0. The molecule has 80 valence electrons. The number of hydrogen-bond donors (Lipinski definition) is 0. The lowest BCUT2D eigenvalue weighted by Gasteiger charge is -2.66. The fourth-order valence-electron chi connectivity index (χ4n) is 2.74. The SMILES string of the molecule is N#C/C=C\CCCC(=O)C12CC(Cl)(C1)C2. The van der Waals surface area contributed by atoms with Crippen LogP contribution in [0.25, 0.3) is 0 Å². The number of Topliss-reactive ketones (excluding diaryl/α,β-unsaturated/α-hetero) is 1. The van der Waals surface area contributed by atoms with Gasteiger partial charge in [-0.2, -0.15) is 5.26 Å². The number of hydrogen-bond acceptors (Lipinski definition) is 2. The molecule has 0 atom stereocenters. The van der Waals surface area contributed by atoms with Gasteiger partial charge in [-0.05, 0) is 32.1 Å². The van der Waals surface area contributed by atoms with Gasteiger partial charge in [-0.25, -0.2) is 0 Å². The number of ketones is 1. The van der Waals surface area contributed by atoms with Crippen LogP contribution >= 0.6 is 11.6 Å². The first-order chi connectivity index (χ1) is 7.10. The highest BCUT2D eigenvalue weighted by atomic mass is 35.5. The molecule has 0 aliphatic heterocycles. The molecular formula is C12H14ClNO. The second-order valence-corrected chi connectivity index (χ2v) is 5.61. The predicted octanol–water partition coefficient (Wildman–Crippen LogP) is 2.97. The Morgan fingerprint density at radius 2 is 2.13 bits per heavy atom.